The summed E-state index contributed by atoms with van der Waals surface area (Å²) in [5.41, 5.74) is 1.27. The molecule has 1 amide bonds. The van der Waals surface area contributed by atoms with E-state index in [4.69, 9.17) is 23.7 Å². The highest BCUT2D eigenvalue weighted by molar-refractivity contribution is 6.39. The summed E-state index contributed by atoms with van der Waals surface area (Å²) in [5.74, 6) is -7.96. The Morgan fingerprint density at radius 1 is 0.846 bits per heavy atom. The van der Waals surface area contributed by atoms with Gasteiger partial charge in [0.05, 0.1) is 24.4 Å². The molecule has 0 aromatic carbocycles. The zero-order valence-electron chi connectivity index (χ0n) is 40.6. The molecule has 65 heavy (non-hydrogen) atoms. The van der Waals surface area contributed by atoms with Gasteiger partial charge in [-0.1, -0.05) is 71.1 Å². The summed E-state index contributed by atoms with van der Waals surface area (Å²) >= 11 is 0. The van der Waals surface area contributed by atoms with E-state index >= 15 is 0 Å². The summed E-state index contributed by atoms with van der Waals surface area (Å²) in [6.07, 6.45) is 11.2. The average Bonchev–Trinajstić information content (AvgIpc) is 3.28. The summed E-state index contributed by atoms with van der Waals surface area (Å²) in [5, 5.41) is 33.8. The van der Waals surface area contributed by atoms with E-state index in [1.165, 1.54) is 12.0 Å². The predicted octanol–water partition coefficient (Wildman–Crippen LogP) is 6.18. The number of cyclic esters (lactones) is 1. The Balaban J connectivity index is 1.70. The maximum atomic E-state index is 14.4. The van der Waals surface area contributed by atoms with Crippen LogP contribution in [0.4, 0.5) is 0 Å². The van der Waals surface area contributed by atoms with Gasteiger partial charge in [-0.05, 0) is 107 Å². The molecule has 14 nitrogen and oxygen atoms in total. The van der Waals surface area contributed by atoms with Crippen LogP contribution >= 0.6 is 0 Å². The standard InChI is InChI=1S/C51H79NO13/c1-30-16-12-11-13-17-31(2)42(61-8)28-38-21-19-36(7)51(60,65-38)48(57)49(58)52-23-15-14-18-39(52)50(59)64-43(33(4)26-37-20-22-40(53)44(27-37)62-9)29-41(54)32(3)25-35(6)46(56)47(63-10)45(55)34(5)24-30/h11-13,16-17,25,30,32-34,36-40,42-44,46-47,53,56,60H,14-15,18-24,26-29H2,1-10H3/b13-11+,16-12+,31-17-,35-25+/t30-,32-,33-,34-,36-,37+,38+,39+,40-,42?,43?,44-,46-,47?,51-/m1/s1. The molecule has 0 spiro atoms. The zero-order chi connectivity index (χ0) is 48.2. The summed E-state index contributed by atoms with van der Waals surface area (Å²) in [4.78, 5) is 71.8. The van der Waals surface area contributed by atoms with E-state index in [-0.39, 0.29) is 54.8 Å². The number of ketones is 3. The van der Waals surface area contributed by atoms with Crippen LogP contribution in [0.15, 0.2) is 47.6 Å². The number of Topliss-reactive ketones (excluding diaryl/α,β-unsaturated/α-hetero) is 3. The van der Waals surface area contributed by atoms with Crippen LogP contribution in [0.3, 0.4) is 0 Å². The summed E-state index contributed by atoms with van der Waals surface area (Å²) in [6.45, 7) is 12.7. The number of carbonyl (C=O) groups is 5. The molecule has 15 atom stereocenters. The van der Waals surface area contributed by atoms with Gasteiger partial charge in [0.1, 0.15) is 30.1 Å². The molecule has 1 aliphatic carbocycles. The maximum absolute atomic E-state index is 14.4. The first kappa shape index (κ1) is 54.2. The van der Waals surface area contributed by atoms with Crippen LogP contribution in [0.1, 0.15) is 126 Å². The van der Waals surface area contributed by atoms with Crippen molar-refractivity contribution in [1.82, 2.24) is 4.90 Å². The average molecular weight is 914 g/mol. The van der Waals surface area contributed by atoms with Gasteiger partial charge in [-0.25, -0.2) is 4.79 Å². The number of ether oxygens (including phenoxy) is 5. The molecule has 4 aliphatic rings. The second-order valence-corrected chi connectivity index (χ2v) is 19.6. The number of allylic oxidation sites excluding steroid dienone is 6. The van der Waals surface area contributed by atoms with Crippen molar-refractivity contribution in [2.45, 2.75) is 180 Å². The van der Waals surface area contributed by atoms with Crippen LogP contribution < -0.4 is 0 Å². The van der Waals surface area contributed by atoms with Crippen molar-refractivity contribution in [3.05, 3.63) is 47.6 Å². The number of hydrogen-bond donors (Lipinski definition) is 3. The van der Waals surface area contributed by atoms with Crippen LogP contribution in [0.5, 0.6) is 0 Å². The van der Waals surface area contributed by atoms with Crippen LogP contribution in [0.25, 0.3) is 0 Å². The van der Waals surface area contributed by atoms with Gasteiger partial charge in [-0.3, -0.25) is 19.2 Å². The number of amides is 1. The molecule has 3 heterocycles. The van der Waals surface area contributed by atoms with E-state index in [1.54, 1.807) is 41.1 Å². The topological polar surface area (TPSA) is 195 Å². The van der Waals surface area contributed by atoms with Crippen molar-refractivity contribution < 1.29 is 63.0 Å². The quantitative estimate of drug-likeness (QED) is 0.156. The number of fused-ring (bicyclic) bond motifs is 3. The number of aliphatic hydroxyl groups is 3. The molecule has 0 aromatic heterocycles. The molecule has 4 rings (SSSR count). The Morgan fingerprint density at radius 3 is 2.25 bits per heavy atom. The summed E-state index contributed by atoms with van der Waals surface area (Å²) in [7, 11) is 4.52. The molecule has 366 valence electrons. The fraction of sp³-hybridized carbons (Fsp3) is 0.745. The van der Waals surface area contributed by atoms with Gasteiger partial charge >= 0.3 is 5.97 Å². The van der Waals surface area contributed by atoms with Gasteiger partial charge in [0.2, 0.25) is 5.79 Å². The maximum Gasteiger partial charge on any atom is 0.329 e. The monoisotopic (exact) mass is 914 g/mol. The number of piperidine rings is 1. The molecule has 2 bridgehead atoms. The van der Waals surface area contributed by atoms with Gasteiger partial charge in [0.25, 0.3) is 11.7 Å². The molecule has 3 fully saturated rings. The minimum Gasteiger partial charge on any atom is -0.460 e. The molecule has 1 saturated carbocycles. The van der Waals surface area contributed by atoms with Crippen LogP contribution in [-0.2, 0) is 47.7 Å². The van der Waals surface area contributed by atoms with Gasteiger partial charge < -0.3 is 43.9 Å². The number of nitrogens with zero attached hydrogens (tertiary/aromatic N) is 1. The second kappa shape index (κ2) is 25.1. The normalized spacial score (nSPS) is 40.4. The Hall–Kier alpha value is -3.37. The first-order valence-corrected chi connectivity index (χ1v) is 23.9. The third-order valence-electron chi connectivity index (χ3n) is 14.5. The van der Waals surface area contributed by atoms with Crippen LogP contribution in [0.2, 0.25) is 0 Å². The molecule has 0 aromatic rings. The van der Waals surface area contributed by atoms with Crippen molar-refractivity contribution in [2.24, 2.45) is 35.5 Å². The van der Waals surface area contributed by atoms with Gasteiger partial charge in [0.15, 0.2) is 5.78 Å². The minimum atomic E-state index is -2.43. The highest BCUT2D eigenvalue weighted by Crippen LogP contribution is 2.38. The Kier molecular flexibility index (Phi) is 21.0. The number of hydrogen-bond acceptors (Lipinski definition) is 13. The lowest BCUT2D eigenvalue weighted by molar-refractivity contribution is -0.265. The third kappa shape index (κ3) is 14.3. The van der Waals surface area contributed by atoms with Gasteiger partial charge in [0, 0.05) is 58.5 Å². The first-order valence-electron chi connectivity index (χ1n) is 23.9. The third-order valence-corrected chi connectivity index (χ3v) is 14.5. The largest absolute Gasteiger partial charge is 0.460 e. The molecular weight excluding hydrogens is 835 g/mol. The second-order valence-electron chi connectivity index (χ2n) is 19.6. The van der Waals surface area contributed by atoms with Gasteiger partial charge in [-0.2, -0.15) is 0 Å². The summed E-state index contributed by atoms with van der Waals surface area (Å²) in [6, 6.07) is -1.14. The molecule has 3 N–H and O–H groups in total. The molecule has 0 radical (unpaired) electrons. The minimum absolute atomic E-state index is 0.0193. The number of carbonyl (C=O) groups excluding carboxylic acids is 5. The lowest BCUT2D eigenvalue weighted by Gasteiger charge is -2.42. The van der Waals surface area contributed by atoms with Gasteiger partial charge in [-0.15, -0.1) is 0 Å². The van der Waals surface area contributed by atoms with Crippen LogP contribution in [0, 0.1) is 35.5 Å². The van der Waals surface area contributed by atoms with Crippen molar-refractivity contribution in [1.29, 1.82) is 0 Å². The Labute approximate surface area is 387 Å². The molecule has 14 heteroatoms. The van der Waals surface area contributed by atoms with E-state index in [1.807, 2.05) is 58.1 Å². The highest BCUT2D eigenvalue weighted by Gasteiger charge is 2.53. The van der Waals surface area contributed by atoms with Crippen molar-refractivity contribution in [3.63, 3.8) is 0 Å². The molecule has 3 unspecified atom stereocenters. The lowest BCUT2D eigenvalue weighted by atomic mass is 9.78. The zero-order valence-corrected chi connectivity index (χ0v) is 40.6. The van der Waals surface area contributed by atoms with E-state index in [2.05, 4.69) is 0 Å². The SMILES string of the molecule is COC1C[C@@H]2CC[C@@H](C)[C@@](O)(O2)C(=O)C(=O)N2CCCC[C@H]2C(=O)OC([C@H](C)C[C@@H]2CC[C@@H](O)[C@H](OC)C2)CC(=O)[C@H](C)/C=C(\C)[C@@H](O)C(OC)C(=O)[C@H](C)C[C@H](C)/C=C/C=C/C=C\1C. The van der Waals surface area contributed by atoms with Crippen molar-refractivity contribution in [3.8, 4) is 0 Å². The number of aliphatic hydroxyl groups excluding tert-OH is 2. The highest BCUT2D eigenvalue weighted by atomic mass is 16.6. The van der Waals surface area contributed by atoms with E-state index in [9.17, 15) is 39.3 Å². The lowest BCUT2D eigenvalue weighted by Crippen LogP contribution is -2.61. The van der Waals surface area contributed by atoms with Crippen molar-refractivity contribution in [2.75, 3.05) is 27.9 Å². The number of rotatable bonds is 6. The molecular formula is C51H79NO13. The van der Waals surface area contributed by atoms with E-state index in [0.717, 1.165) is 12.0 Å². The van der Waals surface area contributed by atoms with E-state index in [0.29, 0.717) is 63.4 Å². The predicted molar refractivity (Wildman–Crippen MR) is 245 cm³/mol. The van der Waals surface area contributed by atoms with Crippen molar-refractivity contribution >= 4 is 29.2 Å². The molecule has 3 aliphatic heterocycles. The number of esters is 1. The Morgan fingerprint density at radius 2 is 1.57 bits per heavy atom. The first-order chi connectivity index (χ1) is 30.7. The number of methoxy groups -OCH3 is 3. The summed E-state index contributed by atoms with van der Waals surface area (Å²) < 4.78 is 29.4. The van der Waals surface area contributed by atoms with Crippen LogP contribution in [-0.4, -0.2) is 132 Å². The Bertz CT molecular complexity index is 1760. The smallest absolute Gasteiger partial charge is 0.329 e. The fourth-order valence-corrected chi connectivity index (χ4v) is 10.1. The fourth-order valence-electron chi connectivity index (χ4n) is 10.1. The van der Waals surface area contributed by atoms with E-state index < -0.39 is 83.9 Å². The molecule has 2 saturated heterocycles.